The molecule has 0 aromatic carbocycles. The maximum atomic E-state index is 11.8. The smallest absolute Gasteiger partial charge is 0.296 e. The maximum absolute atomic E-state index is 11.8. The van der Waals surface area contributed by atoms with E-state index < -0.39 is 18.8 Å². The molecular weight excluding hydrogens is 187 g/mol. The zero-order valence-electron chi connectivity index (χ0n) is 8.46. The van der Waals surface area contributed by atoms with Crippen LogP contribution in [0.5, 0.6) is 0 Å². The van der Waals surface area contributed by atoms with Crippen LogP contribution < -0.4 is 0 Å². The zero-order chi connectivity index (χ0) is 10.3. The molecule has 1 fully saturated rings. The summed E-state index contributed by atoms with van der Waals surface area (Å²) >= 11 is 0. The molecule has 0 amide bonds. The minimum atomic E-state index is -3.11. The Morgan fingerprint density at radius 1 is 1.23 bits per heavy atom. The Morgan fingerprint density at radius 3 is 1.92 bits per heavy atom. The van der Waals surface area contributed by atoms with Gasteiger partial charge in [-0.05, 0) is 27.7 Å². The van der Waals surface area contributed by atoms with Gasteiger partial charge in [0.1, 0.15) is 11.2 Å². The molecule has 4 heteroatoms. The third kappa shape index (κ3) is 1.79. The normalized spacial score (nSPS) is 28.0. The lowest BCUT2D eigenvalue weighted by Gasteiger charge is -2.29. The molecule has 13 heavy (non-hydrogen) atoms. The highest BCUT2D eigenvalue weighted by atomic mass is 31.2. The van der Waals surface area contributed by atoms with Crippen molar-refractivity contribution in [1.29, 1.82) is 0 Å². The zero-order valence-corrected chi connectivity index (χ0v) is 9.35. The summed E-state index contributed by atoms with van der Waals surface area (Å²) in [5.41, 5.74) is 1.32. The molecule has 0 aromatic heterocycles. The average Bonchev–Trinajstić information content (AvgIpc) is 1.96. The van der Waals surface area contributed by atoms with Crippen molar-refractivity contribution in [3.05, 3.63) is 18.1 Å². The Balaban J connectivity index is 3.07. The lowest BCUT2D eigenvalue weighted by Crippen LogP contribution is -2.41. The van der Waals surface area contributed by atoms with Crippen molar-refractivity contribution in [2.75, 3.05) is 0 Å². The summed E-state index contributed by atoms with van der Waals surface area (Å²) in [6.07, 6.45) is 0. The fourth-order valence-electron chi connectivity index (χ4n) is 1.04. The molecule has 1 aliphatic rings. The topological polar surface area (TPSA) is 35.5 Å². The van der Waals surface area contributed by atoms with Gasteiger partial charge in [0.25, 0.3) is 0 Å². The summed E-state index contributed by atoms with van der Waals surface area (Å²) in [6, 6.07) is 0. The predicted molar refractivity (Wildman–Crippen MR) is 51.6 cm³/mol. The van der Waals surface area contributed by atoms with Gasteiger partial charge in [-0.2, -0.15) is 0 Å². The molecule has 1 rings (SSSR count). The molecule has 74 valence electrons. The van der Waals surface area contributed by atoms with Gasteiger partial charge in [0, 0.05) is 0 Å². The van der Waals surface area contributed by atoms with Crippen molar-refractivity contribution in [1.82, 2.24) is 0 Å². The first kappa shape index (κ1) is 10.7. The molecule has 0 bridgehead atoms. The van der Waals surface area contributed by atoms with Crippen molar-refractivity contribution >= 4 is 7.60 Å². The Morgan fingerprint density at radius 2 is 1.62 bits per heavy atom. The second-order valence-electron chi connectivity index (χ2n) is 4.08. The lowest BCUT2D eigenvalue weighted by molar-refractivity contribution is 0.00578. The minimum absolute atomic E-state index is 0.560. The monoisotopic (exact) mass is 202 g/mol. The number of hydrogen-bond donors (Lipinski definition) is 0. The summed E-state index contributed by atoms with van der Waals surface area (Å²) in [7, 11) is -3.11. The highest BCUT2D eigenvalue weighted by Crippen LogP contribution is 2.64. The Hall–Kier alpha value is -0.330. The summed E-state index contributed by atoms with van der Waals surface area (Å²) in [6.45, 7) is 10.8. The molecular formula is C9H15O3P. The lowest BCUT2D eigenvalue weighted by atomic mass is 9.90. The van der Waals surface area contributed by atoms with E-state index in [1.54, 1.807) is 0 Å². The van der Waals surface area contributed by atoms with E-state index in [0.717, 1.165) is 0 Å². The van der Waals surface area contributed by atoms with E-state index in [4.69, 9.17) is 9.05 Å². The summed E-state index contributed by atoms with van der Waals surface area (Å²) in [5.74, 6) is 1.27. The van der Waals surface area contributed by atoms with Gasteiger partial charge >= 0.3 is 7.60 Å². The SMILES string of the molecule is C=C=CP1(=O)OC(C)(C)C(C)(C)O1. The van der Waals surface area contributed by atoms with Gasteiger partial charge in [-0.1, -0.05) is 6.58 Å². The van der Waals surface area contributed by atoms with Crippen LogP contribution in [0.3, 0.4) is 0 Å². The third-order valence-electron chi connectivity index (χ3n) is 2.41. The molecule has 0 N–H and O–H groups in total. The van der Waals surface area contributed by atoms with Crippen LogP contribution in [-0.2, 0) is 13.6 Å². The largest absolute Gasteiger partial charge is 0.363 e. The van der Waals surface area contributed by atoms with Gasteiger partial charge in [0.15, 0.2) is 0 Å². The second kappa shape index (κ2) is 2.83. The third-order valence-corrected chi connectivity index (χ3v) is 4.33. The van der Waals surface area contributed by atoms with E-state index in [1.165, 1.54) is 5.82 Å². The van der Waals surface area contributed by atoms with Crippen LogP contribution in [0.15, 0.2) is 18.1 Å². The average molecular weight is 202 g/mol. The first-order valence-electron chi connectivity index (χ1n) is 4.11. The van der Waals surface area contributed by atoms with Crippen LogP contribution >= 0.6 is 7.60 Å². The molecule has 1 saturated heterocycles. The number of hydrogen-bond acceptors (Lipinski definition) is 3. The Bertz CT molecular complexity index is 291. The molecule has 0 spiro atoms. The first-order chi connectivity index (χ1) is 5.72. The van der Waals surface area contributed by atoms with Gasteiger partial charge in [0.2, 0.25) is 0 Å². The van der Waals surface area contributed by atoms with Crippen molar-refractivity contribution in [2.24, 2.45) is 0 Å². The van der Waals surface area contributed by atoms with Crippen molar-refractivity contribution in [3.63, 3.8) is 0 Å². The predicted octanol–water partition coefficient (Wildman–Crippen LogP) is 3.08. The highest BCUT2D eigenvalue weighted by molar-refractivity contribution is 7.57. The van der Waals surface area contributed by atoms with Crippen LogP contribution in [-0.4, -0.2) is 11.2 Å². The van der Waals surface area contributed by atoms with Gasteiger partial charge in [-0.15, -0.1) is 5.73 Å². The summed E-state index contributed by atoms with van der Waals surface area (Å²) in [5, 5.41) is 0. The molecule has 3 nitrogen and oxygen atoms in total. The molecule has 0 radical (unpaired) electrons. The van der Waals surface area contributed by atoms with Gasteiger partial charge in [0.05, 0.1) is 5.82 Å². The molecule has 1 heterocycles. The van der Waals surface area contributed by atoms with E-state index >= 15 is 0 Å². The van der Waals surface area contributed by atoms with E-state index in [9.17, 15) is 4.57 Å². The molecule has 0 unspecified atom stereocenters. The maximum Gasteiger partial charge on any atom is 0.363 e. The molecule has 0 saturated carbocycles. The Labute approximate surface area is 79.0 Å². The van der Waals surface area contributed by atoms with Crippen molar-refractivity contribution in [3.8, 4) is 0 Å². The van der Waals surface area contributed by atoms with Crippen molar-refractivity contribution < 1.29 is 13.6 Å². The molecule has 1 aliphatic heterocycles. The van der Waals surface area contributed by atoms with E-state index in [-0.39, 0.29) is 0 Å². The fraction of sp³-hybridized carbons (Fsp3) is 0.667. The Kier molecular flexibility index (Phi) is 2.34. The second-order valence-corrected chi connectivity index (χ2v) is 5.78. The molecule has 0 atom stereocenters. The minimum Gasteiger partial charge on any atom is -0.296 e. The van der Waals surface area contributed by atoms with E-state index in [2.05, 4.69) is 12.3 Å². The summed E-state index contributed by atoms with van der Waals surface area (Å²) < 4.78 is 22.6. The summed E-state index contributed by atoms with van der Waals surface area (Å²) in [4.78, 5) is 0. The first-order valence-corrected chi connectivity index (χ1v) is 5.72. The van der Waals surface area contributed by atoms with Crippen LogP contribution in [0.25, 0.3) is 0 Å². The van der Waals surface area contributed by atoms with Crippen LogP contribution in [0.1, 0.15) is 27.7 Å². The molecule has 0 aliphatic carbocycles. The van der Waals surface area contributed by atoms with E-state index in [0.29, 0.717) is 0 Å². The molecule has 0 aromatic rings. The highest BCUT2D eigenvalue weighted by Gasteiger charge is 2.54. The fourth-order valence-corrected chi connectivity index (χ4v) is 3.12. The van der Waals surface area contributed by atoms with Crippen LogP contribution in [0.4, 0.5) is 0 Å². The van der Waals surface area contributed by atoms with Gasteiger partial charge in [-0.3, -0.25) is 13.6 Å². The van der Waals surface area contributed by atoms with Gasteiger partial charge in [-0.25, -0.2) is 0 Å². The van der Waals surface area contributed by atoms with Crippen LogP contribution in [0, 0.1) is 0 Å². The number of rotatable bonds is 1. The van der Waals surface area contributed by atoms with Gasteiger partial charge < -0.3 is 0 Å². The van der Waals surface area contributed by atoms with E-state index in [1.807, 2.05) is 27.7 Å². The van der Waals surface area contributed by atoms with Crippen molar-refractivity contribution in [2.45, 2.75) is 38.9 Å². The van der Waals surface area contributed by atoms with Crippen LogP contribution in [0.2, 0.25) is 0 Å². The standard InChI is InChI=1S/C9H15O3P/c1-6-7-13(10)11-8(2,3)9(4,5)12-13/h7H,1H2,2-5H3. The quantitative estimate of drug-likeness (QED) is 0.484.